The van der Waals surface area contributed by atoms with E-state index in [2.05, 4.69) is 5.32 Å². The lowest BCUT2D eigenvalue weighted by molar-refractivity contribution is -0.192. The van der Waals surface area contributed by atoms with Crippen LogP contribution in [0.3, 0.4) is 0 Å². The zero-order chi connectivity index (χ0) is 10.6. The first-order valence-electron chi connectivity index (χ1n) is 4.44. The van der Waals surface area contributed by atoms with Gasteiger partial charge in [-0.05, 0) is 13.8 Å². The normalized spacial score (nSPS) is 41.9. The van der Waals surface area contributed by atoms with Gasteiger partial charge in [0.1, 0.15) is 0 Å². The van der Waals surface area contributed by atoms with Gasteiger partial charge in [0.15, 0.2) is 9.37 Å². The number of aliphatic hydroxyl groups is 1. The third-order valence-corrected chi connectivity index (χ3v) is 3.66. The van der Waals surface area contributed by atoms with Crippen molar-refractivity contribution in [3.63, 3.8) is 0 Å². The fourth-order valence-electron chi connectivity index (χ4n) is 2.04. The van der Waals surface area contributed by atoms with E-state index in [1.54, 1.807) is 13.8 Å². The second-order valence-corrected chi connectivity index (χ2v) is 5.28. The van der Waals surface area contributed by atoms with E-state index in [0.29, 0.717) is 16.6 Å². The first-order valence-corrected chi connectivity index (χ1v) is 5.52. The van der Waals surface area contributed by atoms with E-state index >= 15 is 0 Å². The monoisotopic (exact) mass is 309 g/mol. The molecule has 0 aromatic carbocycles. The lowest BCUT2D eigenvalue weighted by Gasteiger charge is -2.51. The Morgan fingerprint density at radius 1 is 1.57 bits per heavy atom. The van der Waals surface area contributed by atoms with Crippen LogP contribution in [0, 0.1) is 0 Å². The SMILES string of the molecule is CC1=C(I)OC2(CC(C)(O)C2)C(=O)N1. The molecule has 4 nitrogen and oxygen atoms in total. The van der Waals surface area contributed by atoms with Crippen LogP contribution in [-0.4, -0.2) is 22.2 Å². The Labute approximate surface area is 95.8 Å². The van der Waals surface area contributed by atoms with E-state index in [4.69, 9.17) is 4.74 Å². The molecular formula is C9H12INO3. The Kier molecular flexibility index (Phi) is 2.08. The van der Waals surface area contributed by atoms with Crippen LogP contribution < -0.4 is 5.32 Å². The number of nitrogens with one attached hydrogen (secondary N) is 1. The zero-order valence-corrected chi connectivity index (χ0v) is 10.2. The molecule has 2 N–H and O–H groups in total. The van der Waals surface area contributed by atoms with Gasteiger partial charge in [-0.3, -0.25) is 4.79 Å². The summed E-state index contributed by atoms with van der Waals surface area (Å²) >= 11 is 2.05. The number of carbonyl (C=O) groups excluding carboxylic acids is 1. The van der Waals surface area contributed by atoms with Gasteiger partial charge in [0, 0.05) is 35.4 Å². The Morgan fingerprint density at radius 3 is 2.64 bits per heavy atom. The molecule has 1 spiro atoms. The van der Waals surface area contributed by atoms with Gasteiger partial charge in [-0.25, -0.2) is 0 Å². The standard InChI is InChI=1S/C9H12INO3/c1-5-6(10)14-9(7(12)11-5)3-8(2,13)4-9/h13H,3-4H2,1-2H3,(H,11,12). The second-order valence-electron chi connectivity index (χ2n) is 4.30. The summed E-state index contributed by atoms with van der Waals surface area (Å²) in [6.45, 7) is 3.51. The minimum atomic E-state index is -0.820. The van der Waals surface area contributed by atoms with Crippen molar-refractivity contribution in [3.8, 4) is 0 Å². The molecule has 1 saturated carbocycles. The van der Waals surface area contributed by atoms with Crippen LogP contribution in [0.4, 0.5) is 0 Å². The van der Waals surface area contributed by atoms with Gasteiger partial charge in [-0.1, -0.05) is 0 Å². The van der Waals surface area contributed by atoms with Crippen molar-refractivity contribution in [3.05, 3.63) is 9.46 Å². The maximum Gasteiger partial charge on any atom is 0.268 e. The third-order valence-electron chi connectivity index (χ3n) is 2.63. The van der Waals surface area contributed by atoms with Gasteiger partial charge in [0.2, 0.25) is 0 Å². The highest BCUT2D eigenvalue weighted by Gasteiger charge is 2.59. The number of rotatable bonds is 0. The van der Waals surface area contributed by atoms with E-state index in [9.17, 15) is 9.90 Å². The molecule has 0 aromatic rings. The third kappa shape index (κ3) is 1.42. The van der Waals surface area contributed by atoms with Crippen molar-refractivity contribution in [1.82, 2.24) is 5.32 Å². The first kappa shape index (κ1) is 10.2. The van der Waals surface area contributed by atoms with E-state index in [-0.39, 0.29) is 5.91 Å². The summed E-state index contributed by atoms with van der Waals surface area (Å²) in [6.07, 6.45) is 0.733. The molecule has 14 heavy (non-hydrogen) atoms. The molecule has 0 bridgehead atoms. The number of hydrogen-bond donors (Lipinski definition) is 2. The van der Waals surface area contributed by atoms with Crippen LogP contribution in [-0.2, 0) is 9.53 Å². The molecule has 2 rings (SSSR count). The van der Waals surface area contributed by atoms with Crippen molar-refractivity contribution in [2.75, 3.05) is 0 Å². The van der Waals surface area contributed by atoms with Gasteiger partial charge in [0.25, 0.3) is 5.91 Å². The molecular weight excluding hydrogens is 297 g/mol. The van der Waals surface area contributed by atoms with Crippen LogP contribution >= 0.6 is 22.6 Å². The topological polar surface area (TPSA) is 58.6 Å². The van der Waals surface area contributed by atoms with Crippen molar-refractivity contribution in [2.45, 2.75) is 37.9 Å². The molecule has 1 heterocycles. The predicted octanol–water partition coefficient (Wildman–Crippen LogP) is 1.04. The summed E-state index contributed by atoms with van der Waals surface area (Å²) in [6, 6.07) is 0. The number of ether oxygens (including phenoxy) is 1. The average molecular weight is 309 g/mol. The fourth-order valence-corrected chi connectivity index (χ4v) is 2.60. The smallest absolute Gasteiger partial charge is 0.268 e. The Morgan fingerprint density at radius 2 is 2.14 bits per heavy atom. The van der Waals surface area contributed by atoms with Crippen LogP contribution in [0.5, 0.6) is 0 Å². The van der Waals surface area contributed by atoms with Crippen LogP contribution in [0.2, 0.25) is 0 Å². The summed E-state index contributed by atoms with van der Waals surface area (Å²) in [7, 11) is 0. The average Bonchev–Trinajstić information content (AvgIpc) is 1.97. The Hall–Kier alpha value is -0.300. The maximum absolute atomic E-state index is 11.7. The van der Waals surface area contributed by atoms with Crippen molar-refractivity contribution < 1.29 is 14.6 Å². The second kappa shape index (κ2) is 2.85. The van der Waals surface area contributed by atoms with Gasteiger partial charge >= 0.3 is 0 Å². The van der Waals surface area contributed by atoms with Crippen molar-refractivity contribution in [1.29, 1.82) is 0 Å². The number of halogens is 1. The molecule has 1 fully saturated rings. The van der Waals surface area contributed by atoms with Crippen molar-refractivity contribution >= 4 is 28.5 Å². The van der Waals surface area contributed by atoms with Crippen LogP contribution in [0.25, 0.3) is 0 Å². The predicted molar refractivity (Wildman–Crippen MR) is 58.5 cm³/mol. The molecule has 1 aliphatic carbocycles. The zero-order valence-electron chi connectivity index (χ0n) is 8.06. The van der Waals surface area contributed by atoms with E-state index in [1.165, 1.54) is 0 Å². The molecule has 0 unspecified atom stereocenters. The molecule has 1 amide bonds. The summed E-state index contributed by atoms with van der Waals surface area (Å²) in [4.78, 5) is 11.7. The summed E-state index contributed by atoms with van der Waals surface area (Å²) in [5, 5.41) is 12.4. The lowest BCUT2D eigenvalue weighted by atomic mass is 9.67. The quantitative estimate of drug-likeness (QED) is 0.657. The molecule has 5 heteroatoms. The molecule has 0 atom stereocenters. The molecule has 0 radical (unpaired) electrons. The van der Waals surface area contributed by atoms with Crippen LogP contribution in [0.1, 0.15) is 26.7 Å². The first-order chi connectivity index (χ1) is 6.35. The highest BCUT2D eigenvalue weighted by atomic mass is 127. The van der Waals surface area contributed by atoms with Crippen LogP contribution in [0.15, 0.2) is 9.46 Å². The highest BCUT2D eigenvalue weighted by molar-refractivity contribution is 14.1. The maximum atomic E-state index is 11.7. The van der Waals surface area contributed by atoms with Crippen molar-refractivity contribution in [2.24, 2.45) is 0 Å². The summed E-state index contributed by atoms with van der Waals surface area (Å²) < 4.78 is 6.27. The van der Waals surface area contributed by atoms with E-state index < -0.39 is 11.2 Å². The summed E-state index contributed by atoms with van der Waals surface area (Å²) in [5.41, 5.74) is -0.841. The number of amides is 1. The number of allylic oxidation sites excluding steroid dienone is 1. The lowest BCUT2D eigenvalue weighted by Crippen LogP contribution is -2.65. The summed E-state index contributed by atoms with van der Waals surface area (Å²) in [5.74, 6) is -0.137. The van der Waals surface area contributed by atoms with Gasteiger partial charge < -0.3 is 15.2 Å². The fraction of sp³-hybridized carbons (Fsp3) is 0.667. The largest absolute Gasteiger partial charge is 0.469 e. The Bertz CT molecular complexity index is 327. The van der Waals surface area contributed by atoms with Gasteiger partial charge in [0.05, 0.1) is 11.3 Å². The van der Waals surface area contributed by atoms with Gasteiger partial charge in [-0.2, -0.15) is 0 Å². The number of carbonyl (C=O) groups is 1. The minimum Gasteiger partial charge on any atom is -0.469 e. The molecule has 78 valence electrons. The molecule has 0 saturated heterocycles. The molecule has 0 aromatic heterocycles. The Balaban J connectivity index is 2.21. The number of hydrogen-bond acceptors (Lipinski definition) is 3. The molecule has 1 aliphatic heterocycles. The van der Waals surface area contributed by atoms with E-state index in [0.717, 1.165) is 5.70 Å². The molecule has 2 aliphatic rings. The van der Waals surface area contributed by atoms with Gasteiger partial charge in [-0.15, -0.1) is 0 Å². The van der Waals surface area contributed by atoms with E-state index in [1.807, 2.05) is 22.6 Å². The highest BCUT2D eigenvalue weighted by Crippen LogP contribution is 2.47. The minimum absolute atomic E-state index is 0.137.